The van der Waals surface area contributed by atoms with Crippen LogP contribution in [-0.4, -0.2) is 38.9 Å². The molecule has 4 rings (SSSR count). The summed E-state index contributed by atoms with van der Waals surface area (Å²) in [5, 5.41) is 14.6. The lowest BCUT2D eigenvalue weighted by Crippen LogP contribution is -2.41. The van der Waals surface area contributed by atoms with Gasteiger partial charge in [0.15, 0.2) is 0 Å². The average molecular weight is 422 g/mol. The van der Waals surface area contributed by atoms with E-state index in [1.54, 1.807) is 36.4 Å². The van der Waals surface area contributed by atoms with Gasteiger partial charge in [0.2, 0.25) is 17.8 Å². The van der Waals surface area contributed by atoms with E-state index in [9.17, 15) is 18.8 Å². The van der Waals surface area contributed by atoms with E-state index in [4.69, 9.17) is 0 Å². The normalized spacial score (nSPS) is 15.5. The molecule has 0 fully saturated rings. The fourth-order valence-corrected chi connectivity index (χ4v) is 3.20. The first-order chi connectivity index (χ1) is 15.0. The SMILES string of the molecule is O=C(CCC1NC(=O)c2ccccc2NC1=O)Nc1n[nH]c(Cc2ccc(F)cc2)n1. The fraction of sp³-hybridized carbons (Fsp3) is 0.190. The fourth-order valence-electron chi connectivity index (χ4n) is 3.20. The molecule has 2 heterocycles. The van der Waals surface area contributed by atoms with Crippen molar-refractivity contribution < 1.29 is 18.8 Å². The lowest BCUT2D eigenvalue weighted by atomic mass is 10.1. The summed E-state index contributed by atoms with van der Waals surface area (Å²) in [5.41, 5.74) is 1.65. The van der Waals surface area contributed by atoms with Gasteiger partial charge in [0, 0.05) is 12.8 Å². The molecule has 0 bridgehead atoms. The highest BCUT2D eigenvalue weighted by Gasteiger charge is 2.28. The number of hydrogen-bond donors (Lipinski definition) is 4. The van der Waals surface area contributed by atoms with E-state index < -0.39 is 11.9 Å². The number of anilines is 2. The summed E-state index contributed by atoms with van der Waals surface area (Å²) in [4.78, 5) is 41.2. The second-order valence-corrected chi connectivity index (χ2v) is 7.06. The summed E-state index contributed by atoms with van der Waals surface area (Å²) < 4.78 is 13.0. The van der Waals surface area contributed by atoms with Gasteiger partial charge in [0.1, 0.15) is 17.7 Å². The zero-order chi connectivity index (χ0) is 21.8. The molecule has 158 valence electrons. The molecule has 9 nitrogen and oxygen atoms in total. The minimum Gasteiger partial charge on any atom is -0.340 e. The number of para-hydroxylation sites is 1. The van der Waals surface area contributed by atoms with Crippen LogP contribution in [0.2, 0.25) is 0 Å². The van der Waals surface area contributed by atoms with Crippen molar-refractivity contribution in [3.8, 4) is 0 Å². The molecule has 1 unspecified atom stereocenters. The van der Waals surface area contributed by atoms with Crippen LogP contribution in [0, 0.1) is 5.82 Å². The Kier molecular flexibility index (Phi) is 5.69. The number of hydrogen-bond acceptors (Lipinski definition) is 5. The van der Waals surface area contributed by atoms with Crippen molar-refractivity contribution in [1.29, 1.82) is 0 Å². The van der Waals surface area contributed by atoms with Crippen molar-refractivity contribution in [2.24, 2.45) is 0 Å². The average Bonchev–Trinajstić information content (AvgIpc) is 3.14. The molecular weight excluding hydrogens is 403 g/mol. The Hall–Kier alpha value is -4.08. The molecule has 1 aliphatic rings. The van der Waals surface area contributed by atoms with Crippen LogP contribution in [0.3, 0.4) is 0 Å². The third-order valence-electron chi connectivity index (χ3n) is 4.78. The molecule has 1 atom stereocenters. The van der Waals surface area contributed by atoms with Crippen molar-refractivity contribution in [3.63, 3.8) is 0 Å². The van der Waals surface area contributed by atoms with Gasteiger partial charge in [-0.1, -0.05) is 24.3 Å². The first-order valence-corrected chi connectivity index (χ1v) is 9.64. The predicted octanol–water partition coefficient (Wildman–Crippen LogP) is 2.00. The van der Waals surface area contributed by atoms with Crippen molar-refractivity contribution in [2.45, 2.75) is 25.3 Å². The second kappa shape index (κ2) is 8.74. The number of amides is 3. The van der Waals surface area contributed by atoms with Crippen LogP contribution in [-0.2, 0) is 16.0 Å². The minimum absolute atomic E-state index is 0.0173. The topological polar surface area (TPSA) is 129 Å². The quantitative estimate of drug-likeness (QED) is 0.483. The molecule has 31 heavy (non-hydrogen) atoms. The number of carbonyl (C=O) groups excluding carboxylic acids is 3. The minimum atomic E-state index is -0.841. The van der Waals surface area contributed by atoms with Gasteiger partial charge in [0.25, 0.3) is 5.91 Å². The summed E-state index contributed by atoms with van der Waals surface area (Å²) in [6.07, 6.45) is 0.499. The first kappa shape index (κ1) is 20.2. The van der Waals surface area contributed by atoms with Gasteiger partial charge in [0.05, 0.1) is 11.3 Å². The van der Waals surface area contributed by atoms with E-state index in [0.29, 0.717) is 23.5 Å². The maximum atomic E-state index is 13.0. The smallest absolute Gasteiger partial charge is 0.254 e. The molecule has 0 saturated heterocycles. The van der Waals surface area contributed by atoms with E-state index in [-0.39, 0.29) is 36.4 Å². The van der Waals surface area contributed by atoms with Crippen molar-refractivity contribution in [3.05, 3.63) is 71.3 Å². The number of aromatic amines is 1. The predicted molar refractivity (Wildman–Crippen MR) is 110 cm³/mol. The monoisotopic (exact) mass is 422 g/mol. The Labute approximate surface area is 176 Å². The number of carbonyl (C=O) groups is 3. The van der Waals surface area contributed by atoms with Crippen LogP contribution in [0.5, 0.6) is 0 Å². The zero-order valence-electron chi connectivity index (χ0n) is 16.3. The highest BCUT2D eigenvalue weighted by atomic mass is 19.1. The molecule has 0 spiro atoms. The Bertz CT molecular complexity index is 1130. The number of nitrogens with zero attached hydrogens (tertiary/aromatic N) is 2. The van der Waals surface area contributed by atoms with Crippen molar-refractivity contribution in [2.75, 3.05) is 10.6 Å². The van der Waals surface area contributed by atoms with Gasteiger partial charge >= 0.3 is 0 Å². The van der Waals surface area contributed by atoms with Gasteiger partial charge in [-0.3, -0.25) is 24.8 Å². The van der Waals surface area contributed by atoms with E-state index in [0.717, 1.165) is 5.56 Å². The highest BCUT2D eigenvalue weighted by molar-refractivity contribution is 6.09. The van der Waals surface area contributed by atoms with Crippen molar-refractivity contribution in [1.82, 2.24) is 20.5 Å². The Morgan fingerprint density at radius 3 is 2.68 bits per heavy atom. The van der Waals surface area contributed by atoms with Crippen LogP contribution in [0.15, 0.2) is 48.5 Å². The van der Waals surface area contributed by atoms with E-state index >= 15 is 0 Å². The summed E-state index contributed by atoms with van der Waals surface area (Å²) in [6, 6.07) is 11.8. The third kappa shape index (κ3) is 4.92. The lowest BCUT2D eigenvalue weighted by molar-refractivity contribution is -0.118. The molecule has 0 aliphatic carbocycles. The molecule has 1 aliphatic heterocycles. The Balaban J connectivity index is 1.30. The summed E-state index contributed by atoms with van der Waals surface area (Å²) >= 11 is 0. The Morgan fingerprint density at radius 2 is 1.87 bits per heavy atom. The zero-order valence-corrected chi connectivity index (χ0v) is 16.3. The van der Waals surface area contributed by atoms with Crippen LogP contribution in [0.1, 0.15) is 34.6 Å². The van der Waals surface area contributed by atoms with Crippen LogP contribution in [0.4, 0.5) is 16.0 Å². The van der Waals surface area contributed by atoms with E-state index in [1.807, 2.05) is 0 Å². The molecule has 3 aromatic rings. The first-order valence-electron chi connectivity index (χ1n) is 9.64. The van der Waals surface area contributed by atoms with Gasteiger partial charge in [-0.15, -0.1) is 5.10 Å². The summed E-state index contributed by atoms with van der Waals surface area (Å²) in [7, 11) is 0. The molecule has 2 aromatic carbocycles. The molecule has 3 amide bonds. The van der Waals surface area contributed by atoms with Gasteiger partial charge in [-0.25, -0.2) is 4.39 Å². The van der Waals surface area contributed by atoms with Gasteiger partial charge in [-0.05, 0) is 36.2 Å². The molecule has 1 aromatic heterocycles. The third-order valence-corrected chi connectivity index (χ3v) is 4.78. The number of nitrogens with one attached hydrogen (secondary N) is 4. The molecular formula is C21H19FN6O3. The Morgan fingerprint density at radius 1 is 1.10 bits per heavy atom. The number of fused-ring (bicyclic) bond motifs is 1. The standard InChI is InChI=1S/C21H19FN6O3/c22-13-7-5-12(6-8-13)11-17-25-21(28-27-17)26-18(29)10-9-16-20(31)23-15-4-2-1-3-14(15)19(30)24-16/h1-8,16H,9-11H2,(H,23,31)(H,24,30)(H2,25,26,27,28,29). The molecule has 4 N–H and O–H groups in total. The number of halogens is 1. The summed E-state index contributed by atoms with van der Waals surface area (Å²) in [6.45, 7) is 0. The molecule has 0 radical (unpaired) electrons. The lowest BCUT2D eigenvalue weighted by Gasteiger charge is -2.13. The van der Waals surface area contributed by atoms with Crippen LogP contribution >= 0.6 is 0 Å². The maximum Gasteiger partial charge on any atom is 0.254 e. The van der Waals surface area contributed by atoms with Gasteiger partial charge < -0.3 is 10.6 Å². The number of rotatable bonds is 6. The van der Waals surface area contributed by atoms with Crippen LogP contribution in [0.25, 0.3) is 0 Å². The molecule has 10 heteroatoms. The maximum absolute atomic E-state index is 13.0. The second-order valence-electron chi connectivity index (χ2n) is 7.06. The number of aromatic nitrogens is 3. The number of benzene rings is 2. The largest absolute Gasteiger partial charge is 0.340 e. The van der Waals surface area contributed by atoms with E-state index in [2.05, 4.69) is 31.1 Å². The summed E-state index contributed by atoms with van der Waals surface area (Å²) in [5.74, 6) is -0.865. The number of H-pyrrole nitrogens is 1. The molecule has 0 saturated carbocycles. The van der Waals surface area contributed by atoms with Crippen LogP contribution < -0.4 is 16.0 Å². The van der Waals surface area contributed by atoms with E-state index in [1.165, 1.54) is 12.1 Å². The van der Waals surface area contributed by atoms with Crippen molar-refractivity contribution >= 4 is 29.4 Å². The van der Waals surface area contributed by atoms with Gasteiger partial charge in [-0.2, -0.15) is 4.98 Å². The highest BCUT2D eigenvalue weighted by Crippen LogP contribution is 2.19.